The van der Waals surface area contributed by atoms with Crippen LogP contribution in [-0.4, -0.2) is 25.9 Å². The molecule has 0 aliphatic rings. The van der Waals surface area contributed by atoms with Crippen LogP contribution < -0.4 is 14.8 Å². The second-order valence-electron chi connectivity index (χ2n) is 4.42. The number of carbonyl (C=O) groups excluding carboxylic acids is 1. The van der Waals surface area contributed by atoms with Crippen molar-refractivity contribution in [3.8, 4) is 11.5 Å². The minimum atomic E-state index is -2.47. The molecule has 0 fully saturated rings. The smallest absolute Gasteiger partial charge is 0.288 e. The molecule has 0 aliphatic heterocycles. The van der Waals surface area contributed by atoms with E-state index in [1.807, 2.05) is 0 Å². The molecule has 23 heavy (non-hydrogen) atoms. The van der Waals surface area contributed by atoms with E-state index in [-0.39, 0.29) is 5.91 Å². The Bertz CT molecular complexity index is 678. The number of benzene rings is 2. The normalized spacial score (nSPS) is 10.5. The summed E-state index contributed by atoms with van der Waals surface area (Å²) in [6.45, 7) is 0. The lowest BCUT2D eigenvalue weighted by Gasteiger charge is -2.11. The minimum Gasteiger partial charge on any atom is -0.497 e. The standard InChI is InChI=1S/C16H15F2NO3S/c1-21-11-5-8-13(14(9-11)22-2)15(20)19-10-3-6-12(7-4-10)23-16(17)18/h3-9,16H,1-2H3,(H,19,20). The van der Waals surface area contributed by atoms with Gasteiger partial charge in [-0.25, -0.2) is 0 Å². The zero-order valence-corrected chi connectivity index (χ0v) is 13.3. The summed E-state index contributed by atoms with van der Waals surface area (Å²) in [4.78, 5) is 12.7. The number of ether oxygens (including phenoxy) is 2. The highest BCUT2D eigenvalue weighted by Gasteiger charge is 2.14. The van der Waals surface area contributed by atoms with Crippen LogP contribution in [0, 0.1) is 0 Å². The van der Waals surface area contributed by atoms with Crippen molar-refractivity contribution in [3.05, 3.63) is 48.0 Å². The number of methoxy groups -OCH3 is 2. The molecule has 7 heteroatoms. The number of carbonyl (C=O) groups is 1. The predicted molar refractivity (Wildman–Crippen MR) is 85.8 cm³/mol. The molecule has 2 aromatic carbocycles. The summed E-state index contributed by atoms with van der Waals surface area (Å²) in [6, 6.07) is 11.0. The summed E-state index contributed by atoms with van der Waals surface area (Å²) < 4.78 is 34.8. The summed E-state index contributed by atoms with van der Waals surface area (Å²) in [5.74, 6) is -1.88. The largest absolute Gasteiger partial charge is 0.497 e. The molecule has 1 amide bonds. The highest BCUT2D eigenvalue weighted by atomic mass is 32.2. The second kappa shape index (κ2) is 7.82. The van der Waals surface area contributed by atoms with E-state index in [9.17, 15) is 13.6 Å². The quantitative estimate of drug-likeness (QED) is 0.799. The molecule has 4 nitrogen and oxygen atoms in total. The molecule has 0 aliphatic carbocycles. The fourth-order valence-electron chi connectivity index (χ4n) is 1.90. The Morgan fingerprint density at radius 2 is 1.78 bits per heavy atom. The molecule has 0 heterocycles. The van der Waals surface area contributed by atoms with Crippen LogP contribution in [0.15, 0.2) is 47.4 Å². The summed E-state index contributed by atoms with van der Waals surface area (Å²) in [5.41, 5.74) is 0.853. The topological polar surface area (TPSA) is 47.6 Å². The Morgan fingerprint density at radius 1 is 1.09 bits per heavy atom. The van der Waals surface area contributed by atoms with Crippen molar-refractivity contribution in [1.82, 2.24) is 0 Å². The van der Waals surface area contributed by atoms with Crippen LogP contribution in [0.4, 0.5) is 14.5 Å². The summed E-state index contributed by atoms with van der Waals surface area (Å²) in [6.07, 6.45) is 0. The van der Waals surface area contributed by atoms with Crippen LogP contribution in [0.25, 0.3) is 0 Å². The van der Waals surface area contributed by atoms with Crippen molar-refractivity contribution in [2.45, 2.75) is 10.7 Å². The van der Waals surface area contributed by atoms with Gasteiger partial charge in [0.1, 0.15) is 11.5 Å². The van der Waals surface area contributed by atoms with E-state index in [0.717, 1.165) is 0 Å². The van der Waals surface area contributed by atoms with Crippen LogP contribution in [0.2, 0.25) is 0 Å². The first-order valence-corrected chi connectivity index (χ1v) is 7.49. The van der Waals surface area contributed by atoms with Gasteiger partial charge < -0.3 is 14.8 Å². The number of alkyl halides is 2. The maximum absolute atomic E-state index is 12.3. The van der Waals surface area contributed by atoms with Gasteiger partial charge in [-0.2, -0.15) is 8.78 Å². The van der Waals surface area contributed by atoms with Crippen LogP contribution in [0.3, 0.4) is 0 Å². The molecule has 0 aromatic heterocycles. The van der Waals surface area contributed by atoms with E-state index in [0.29, 0.717) is 39.4 Å². The molecule has 2 aromatic rings. The van der Waals surface area contributed by atoms with Crippen molar-refractivity contribution in [2.24, 2.45) is 0 Å². The minimum absolute atomic E-state index is 0.347. The first kappa shape index (κ1) is 17.1. The molecular formula is C16H15F2NO3S. The van der Waals surface area contributed by atoms with Crippen molar-refractivity contribution in [1.29, 1.82) is 0 Å². The monoisotopic (exact) mass is 339 g/mol. The number of halogens is 2. The lowest BCUT2D eigenvalue weighted by Crippen LogP contribution is -2.13. The predicted octanol–water partition coefficient (Wildman–Crippen LogP) is 4.27. The van der Waals surface area contributed by atoms with E-state index < -0.39 is 5.76 Å². The number of amides is 1. The molecule has 0 saturated carbocycles. The first-order valence-electron chi connectivity index (χ1n) is 6.61. The molecule has 0 radical (unpaired) electrons. The van der Waals surface area contributed by atoms with Crippen LogP contribution >= 0.6 is 11.8 Å². The van der Waals surface area contributed by atoms with Gasteiger partial charge in [-0.15, -0.1) is 0 Å². The van der Waals surface area contributed by atoms with E-state index in [4.69, 9.17) is 9.47 Å². The highest BCUT2D eigenvalue weighted by Crippen LogP contribution is 2.28. The molecule has 122 valence electrons. The molecular weight excluding hydrogens is 324 g/mol. The number of rotatable bonds is 6. The van der Waals surface area contributed by atoms with Gasteiger partial charge >= 0.3 is 0 Å². The highest BCUT2D eigenvalue weighted by molar-refractivity contribution is 7.99. The van der Waals surface area contributed by atoms with Gasteiger partial charge in [-0.05, 0) is 36.4 Å². The molecule has 0 bridgehead atoms. The van der Waals surface area contributed by atoms with Gasteiger partial charge in [0.05, 0.1) is 19.8 Å². The Kier molecular flexibility index (Phi) is 5.81. The third-order valence-electron chi connectivity index (χ3n) is 2.99. The number of nitrogens with one attached hydrogen (secondary N) is 1. The Labute approximate surface area is 136 Å². The summed E-state index contributed by atoms with van der Waals surface area (Å²) >= 11 is 0.453. The second-order valence-corrected chi connectivity index (χ2v) is 5.49. The van der Waals surface area contributed by atoms with Gasteiger partial charge in [-0.1, -0.05) is 11.8 Å². The van der Waals surface area contributed by atoms with Crippen LogP contribution in [-0.2, 0) is 0 Å². The Hall–Kier alpha value is -2.28. The number of hydrogen-bond acceptors (Lipinski definition) is 4. The van der Waals surface area contributed by atoms with E-state index in [2.05, 4.69) is 5.32 Å². The molecule has 1 N–H and O–H groups in total. The third-order valence-corrected chi connectivity index (χ3v) is 3.71. The van der Waals surface area contributed by atoms with Crippen LogP contribution in [0.1, 0.15) is 10.4 Å². The SMILES string of the molecule is COc1ccc(C(=O)Nc2ccc(SC(F)F)cc2)c(OC)c1. The lowest BCUT2D eigenvalue weighted by molar-refractivity contribution is 0.102. The first-order chi connectivity index (χ1) is 11.0. The molecule has 0 saturated heterocycles. The number of thioether (sulfide) groups is 1. The van der Waals surface area contributed by atoms with Crippen molar-refractivity contribution >= 4 is 23.4 Å². The van der Waals surface area contributed by atoms with Crippen molar-refractivity contribution in [3.63, 3.8) is 0 Å². The zero-order chi connectivity index (χ0) is 16.8. The van der Waals surface area contributed by atoms with Gasteiger partial charge in [-0.3, -0.25) is 4.79 Å². The zero-order valence-electron chi connectivity index (χ0n) is 12.5. The summed E-state index contributed by atoms with van der Waals surface area (Å²) in [5, 5.41) is 2.69. The average Bonchev–Trinajstić information content (AvgIpc) is 2.55. The molecule has 0 atom stereocenters. The Morgan fingerprint density at radius 3 is 2.35 bits per heavy atom. The van der Waals surface area contributed by atoms with Crippen LogP contribution in [0.5, 0.6) is 11.5 Å². The van der Waals surface area contributed by atoms with E-state index in [1.165, 1.54) is 26.4 Å². The maximum atomic E-state index is 12.3. The molecule has 0 spiro atoms. The maximum Gasteiger partial charge on any atom is 0.288 e. The van der Waals surface area contributed by atoms with Crippen molar-refractivity contribution < 1.29 is 23.0 Å². The average molecular weight is 339 g/mol. The molecule has 0 unspecified atom stereocenters. The van der Waals surface area contributed by atoms with E-state index in [1.54, 1.807) is 30.3 Å². The lowest BCUT2D eigenvalue weighted by atomic mass is 10.1. The molecule has 2 rings (SSSR count). The fraction of sp³-hybridized carbons (Fsp3) is 0.188. The van der Waals surface area contributed by atoms with Crippen molar-refractivity contribution in [2.75, 3.05) is 19.5 Å². The van der Waals surface area contributed by atoms with Gasteiger partial charge in [0.15, 0.2) is 0 Å². The number of hydrogen-bond donors (Lipinski definition) is 1. The Balaban J connectivity index is 2.12. The third kappa shape index (κ3) is 4.59. The number of anilines is 1. The van der Waals surface area contributed by atoms with Gasteiger partial charge in [0.2, 0.25) is 0 Å². The summed E-state index contributed by atoms with van der Waals surface area (Å²) in [7, 11) is 2.98. The fourth-order valence-corrected chi connectivity index (χ4v) is 2.40. The van der Waals surface area contributed by atoms with Gasteiger partial charge in [0.25, 0.3) is 11.7 Å². The van der Waals surface area contributed by atoms with Gasteiger partial charge in [0, 0.05) is 16.6 Å². The van der Waals surface area contributed by atoms with E-state index >= 15 is 0 Å².